The van der Waals surface area contributed by atoms with Gasteiger partial charge in [0.05, 0.1) is 27.7 Å². The Balaban J connectivity index is 4.39. The lowest BCUT2D eigenvalue weighted by molar-refractivity contribution is -0.870. The van der Waals surface area contributed by atoms with Crippen LogP contribution in [0.3, 0.4) is 0 Å². The molecule has 0 aromatic carbocycles. The van der Waals surface area contributed by atoms with Crippen molar-refractivity contribution >= 4 is 19.8 Å². The van der Waals surface area contributed by atoms with E-state index in [2.05, 4.69) is 26.0 Å². The van der Waals surface area contributed by atoms with Crippen LogP contribution in [0.2, 0.25) is 0 Å². The van der Waals surface area contributed by atoms with Gasteiger partial charge in [-0.15, -0.1) is 0 Å². The fourth-order valence-corrected chi connectivity index (χ4v) is 6.33. The van der Waals surface area contributed by atoms with Crippen molar-refractivity contribution in [3.63, 3.8) is 0 Å². The summed E-state index contributed by atoms with van der Waals surface area (Å²) in [6.45, 7) is 4.04. The van der Waals surface area contributed by atoms with Crippen LogP contribution in [0.15, 0.2) is 48.6 Å². The fraction of sp³-hybridized carbons (Fsp3) is 0.773. The number of rotatable bonds is 38. The molecule has 314 valence electrons. The third kappa shape index (κ3) is 39.7. The van der Waals surface area contributed by atoms with E-state index in [0.717, 1.165) is 44.9 Å². The molecule has 10 heteroatoms. The van der Waals surface area contributed by atoms with Crippen molar-refractivity contribution in [2.24, 2.45) is 0 Å². The van der Waals surface area contributed by atoms with E-state index in [4.69, 9.17) is 18.5 Å². The smallest absolute Gasteiger partial charge is 0.306 e. The minimum absolute atomic E-state index is 0.0394. The third-order valence-electron chi connectivity index (χ3n) is 8.96. The van der Waals surface area contributed by atoms with E-state index < -0.39 is 32.5 Å². The molecule has 0 spiro atoms. The largest absolute Gasteiger partial charge is 0.756 e. The molecule has 0 fully saturated rings. The molecular weight excluding hydrogens is 701 g/mol. The van der Waals surface area contributed by atoms with Gasteiger partial charge in [0.15, 0.2) is 6.10 Å². The lowest BCUT2D eigenvalue weighted by Gasteiger charge is -2.28. The third-order valence-corrected chi connectivity index (χ3v) is 9.92. The summed E-state index contributed by atoms with van der Waals surface area (Å²) < 4.78 is 33.8. The Morgan fingerprint density at radius 1 is 0.593 bits per heavy atom. The maximum atomic E-state index is 12.6. The fourth-order valence-electron chi connectivity index (χ4n) is 5.61. The van der Waals surface area contributed by atoms with Crippen LogP contribution in [-0.4, -0.2) is 70.0 Å². The van der Waals surface area contributed by atoms with Gasteiger partial charge in [-0.3, -0.25) is 14.2 Å². The maximum Gasteiger partial charge on any atom is 0.306 e. The van der Waals surface area contributed by atoms with E-state index in [1.165, 1.54) is 89.9 Å². The highest BCUT2D eigenvalue weighted by Crippen LogP contribution is 2.38. The molecule has 2 unspecified atom stereocenters. The predicted molar refractivity (Wildman–Crippen MR) is 222 cm³/mol. The Bertz CT molecular complexity index is 1070. The molecule has 0 aliphatic heterocycles. The monoisotopic (exact) mass is 782 g/mol. The number of allylic oxidation sites excluding steroid dienone is 8. The van der Waals surface area contributed by atoms with Gasteiger partial charge in [-0.25, -0.2) is 0 Å². The van der Waals surface area contributed by atoms with E-state index >= 15 is 0 Å². The number of nitrogens with zero attached hydrogens (tertiary/aromatic N) is 1. The second-order valence-electron chi connectivity index (χ2n) is 15.4. The second-order valence-corrected chi connectivity index (χ2v) is 16.8. The van der Waals surface area contributed by atoms with Gasteiger partial charge in [0, 0.05) is 12.8 Å². The van der Waals surface area contributed by atoms with Crippen molar-refractivity contribution in [3.05, 3.63) is 48.6 Å². The van der Waals surface area contributed by atoms with Gasteiger partial charge in [0.1, 0.15) is 19.8 Å². The average molecular weight is 782 g/mol. The number of hydrogen-bond donors (Lipinski definition) is 0. The Morgan fingerprint density at radius 2 is 1.06 bits per heavy atom. The Kier molecular flexibility index (Phi) is 35.2. The van der Waals surface area contributed by atoms with E-state index in [1.54, 1.807) is 0 Å². The first-order valence-corrected chi connectivity index (χ1v) is 22.9. The molecule has 0 amide bonds. The van der Waals surface area contributed by atoms with Crippen LogP contribution >= 0.6 is 7.82 Å². The molecule has 0 bridgehead atoms. The summed E-state index contributed by atoms with van der Waals surface area (Å²) in [5.74, 6) is -0.879. The topological polar surface area (TPSA) is 111 Å². The maximum absolute atomic E-state index is 12.6. The molecule has 9 nitrogen and oxygen atoms in total. The molecule has 0 heterocycles. The van der Waals surface area contributed by atoms with Gasteiger partial charge in [-0.1, -0.05) is 172 Å². The van der Waals surface area contributed by atoms with E-state index in [0.29, 0.717) is 17.4 Å². The average Bonchev–Trinajstić information content (AvgIpc) is 3.12. The summed E-state index contributed by atoms with van der Waals surface area (Å²) in [7, 11) is 1.13. The molecule has 0 aromatic rings. The van der Waals surface area contributed by atoms with Crippen LogP contribution in [0.5, 0.6) is 0 Å². The SMILES string of the molecule is CC/C=C/C=C/C=C/C=C/CCCCCC(=O)OC(COC(=O)CCCCCCCCCCCCCCCCCCC)COP(=O)([O-])OCC[N+](C)(C)C. The number of phosphoric acid groups is 1. The van der Waals surface area contributed by atoms with Crippen molar-refractivity contribution in [2.75, 3.05) is 47.5 Å². The van der Waals surface area contributed by atoms with E-state index in [-0.39, 0.29) is 26.1 Å². The van der Waals surface area contributed by atoms with Gasteiger partial charge in [0.2, 0.25) is 0 Å². The molecular formula is C44H80NO8P. The zero-order chi connectivity index (χ0) is 40.0. The first-order chi connectivity index (χ1) is 26.0. The Hall–Kier alpha value is -2.03. The zero-order valence-electron chi connectivity index (χ0n) is 35.2. The molecule has 0 saturated heterocycles. The molecule has 0 N–H and O–H groups in total. The highest BCUT2D eigenvalue weighted by atomic mass is 31.2. The highest BCUT2D eigenvalue weighted by Gasteiger charge is 2.21. The van der Waals surface area contributed by atoms with Gasteiger partial charge in [0.25, 0.3) is 7.82 Å². The minimum atomic E-state index is -4.63. The predicted octanol–water partition coefficient (Wildman–Crippen LogP) is 11.3. The van der Waals surface area contributed by atoms with E-state index in [9.17, 15) is 19.0 Å². The van der Waals surface area contributed by atoms with Crippen molar-refractivity contribution < 1.29 is 42.1 Å². The van der Waals surface area contributed by atoms with Gasteiger partial charge >= 0.3 is 11.9 Å². The molecule has 54 heavy (non-hydrogen) atoms. The zero-order valence-corrected chi connectivity index (χ0v) is 36.0. The van der Waals surface area contributed by atoms with E-state index in [1.807, 2.05) is 57.6 Å². The number of unbranched alkanes of at least 4 members (excludes halogenated alkanes) is 19. The second kappa shape index (κ2) is 36.6. The van der Waals surface area contributed by atoms with Crippen molar-refractivity contribution in [2.45, 2.75) is 174 Å². The summed E-state index contributed by atoms with van der Waals surface area (Å²) in [6.07, 6.45) is 41.4. The minimum Gasteiger partial charge on any atom is -0.756 e. The van der Waals surface area contributed by atoms with Gasteiger partial charge < -0.3 is 27.9 Å². The molecule has 0 saturated carbocycles. The molecule has 0 aliphatic carbocycles. The molecule has 0 radical (unpaired) electrons. The summed E-state index contributed by atoms with van der Waals surface area (Å²) in [4.78, 5) is 37.4. The van der Waals surface area contributed by atoms with Crippen LogP contribution in [0.25, 0.3) is 0 Å². The highest BCUT2D eigenvalue weighted by molar-refractivity contribution is 7.45. The van der Waals surface area contributed by atoms with Crippen LogP contribution in [0.4, 0.5) is 0 Å². The summed E-state index contributed by atoms with van der Waals surface area (Å²) in [5.41, 5.74) is 0. The molecule has 0 aliphatic rings. The standard InChI is InChI=1S/C44H80NO8P/c1-6-8-10-12-14-16-18-20-21-22-23-25-26-28-30-32-34-36-43(46)50-40-42(41-52-54(48,49)51-39-38-45(3,4)5)53-44(47)37-35-33-31-29-27-24-19-17-15-13-11-9-7-2/h9,11,13,15,17,19,24,27,42H,6-8,10,12,14,16,18,20-23,25-26,28-41H2,1-5H3/b11-9+,15-13+,19-17+,27-24+. The molecule has 0 rings (SSSR count). The Labute approximate surface area is 331 Å². The number of carbonyl (C=O) groups excluding carboxylic acids is 2. The summed E-state index contributed by atoms with van der Waals surface area (Å²) in [6, 6.07) is 0. The first kappa shape index (κ1) is 52.0. The lowest BCUT2D eigenvalue weighted by Crippen LogP contribution is -2.37. The number of quaternary nitrogens is 1. The van der Waals surface area contributed by atoms with Gasteiger partial charge in [-0.2, -0.15) is 0 Å². The number of carbonyl (C=O) groups is 2. The number of phosphoric ester groups is 1. The molecule has 2 atom stereocenters. The van der Waals surface area contributed by atoms with Crippen LogP contribution in [0.1, 0.15) is 168 Å². The van der Waals surface area contributed by atoms with Crippen LogP contribution in [0, 0.1) is 0 Å². The van der Waals surface area contributed by atoms with Gasteiger partial charge in [-0.05, 0) is 32.1 Å². The molecule has 0 aromatic heterocycles. The van der Waals surface area contributed by atoms with Crippen molar-refractivity contribution in [3.8, 4) is 0 Å². The first-order valence-electron chi connectivity index (χ1n) is 21.4. The number of likely N-dealkylation sites (N-methyl/N-ethyl adjacent to an activating group) is 1. The number of esters is 2. The lowest BCUT2D eigenvalue weighted by atomic mass is 10.0. The number of hydrogen-bond acceptors (Lipinski definition) is 8. The Morgan fingerprint density at radius 3 is 1.57 bits per heavy atom. The summed E-state index contributed by atoms with van der Waals surface area (Å²) >= 11 is 0. The van der Waals surface area contributed by atoms with Crippen molar-refractivity contribution in [1.82, 2.24) is 0 Å². The summed E-state index contributed by atoms with van der Waals surface area (Å²) in [5, 5.41) is 0. The van der Waals surface area contributed by atoms with Crippen LogP contribution in [-0.2, 0) is 32.7 Å². The van der Waals surface area contributed by atoms with Crippen molar-refractivity contribution in [1.29, 1.82) is 0 Å². The number of ether oxygens (including phenoxy) is 2. The van der Waals surface area contributed by atoms with Crippen LogP contribution < -0.4 is 4.89 Å². The normalized spacial score (nSPS) is 14.1. The quantitative estimate of drug-likeness (QED) is 0.0200.